The normalized spacial score (nSPS) is 21.2. The van der Waals surface area contributed by atoms with E-state index in [1.807, 2.05) is 18.7 Å². The third kappa shape index (κ3) is 4.81. The van der Waals surface area contributed by atoms with E-state index in [2.05, 4.69) is 20.1 Å². The molecule has 0 bridgehead atoms. The van der Waals surface area contributed by atoms with Gasteiger partial charge in [0.1, 0.15) is 23.7 Å². The molecule has 3 heterocycles. The maximum absolute atomic E-state index is 14.2. The second kappa shape index (κ2) is 8.67. The van der Waals surface area contributed by atoms with Gasteiger partial charge in [0.15, 0.2) is 13.1 Å². The van der Waals surface area contributed by atoms with Crippen molar-refractivity contribution in [1.29, 1.82) is 0 Å². The highest BCUT2D eigenvalue weighted by atomic mass is 19.4. The Morgan fingerprint density at radius 2 is 2.00 bits per heavy atom. The topological polar surface area (TPSA) is 95.0 Å². The molecule has 0 spiro atoms. The summed E-state index contributed by atoms with van der Waals surface area (Å²) in [7, 11) is 1.80. The zero-order valence-electron chi connectivity index (χ0n) is 18.3. The first kappa shape index (κ1) is 23.1. The van der Waals surface area contributed by atoms with E-state index in [0.717, 1.165) is 0 Å². The smallest absolute Gasteiger partial charge is 0.453 e. The molecule has 0 saturated heterocycles. The molecule has 1 radical (unpaired) electrons. The molecule has 4 rings (SSSR count). The number of anilines is 1. The highest BCUT2D eigenvalue weighted by Crippen LogP contribution is 2.34. The van der Waals surface area contributed by atoms with Crippen molar-refractivity contribution in [1.82, 2.24) is 24.7 Å². The Hall–Kier alpha value is -3.12. The molecule has 2 atom stereocenters. The fourth-order valence-corrected chi connectivity index (χ4v) is 3.91. The van der Waals surface area contributed by atoms with Crippen LogP contribution in [0.3, 0.4) is 0 Å². The van der Waals surface area contributed by atoms with Crippen molar-refractivity contribution >= 4 is 18.7 Å². The standard InChI is InChI=1S/C20H23BF4N7O/c1-10(2)33-15-6-12(14(26)7-13(15)22)21-16-8-17(28-9-27-16)31-4-5-32-18(11(31)3)29-19(30-32)20(23,24)25/h7-12H,4-6,26H2,1-3H3. The summed E-state index contributed by atoms with van der Waals surface area (Å²) >= 11 is 0. The van der Waals surface area contributed by atoms with Gasteiger partial charge in [-0.15, -0.1) is 5.10 Å². The first-order chi connectivity index (χ1) is 15.5. The van der Waals surface area contributed by atoms with Gasteiger partial charge in [-0.1, -0.05) is 0 Å². The lowest BCUT2D eigenvalue weighted by Crippen LogP contribution is -2.39. The molecule has 0 fully saturated rings. The Bertz CT molecular complexity index is 1100. The largest absolute Gasteiger partial charge is 0.492 e. The average molecular weight is 464 g/mol. The third-order valence-electron chi connectivity index (χ3n) is 5.46. The third-order valence-corrected chi connectivity index (χ3v) is 5.46. The minimum atomic E-state index is -4.61. The van der Waals surface area contributed by atoms with E-state index in [4.69, 9.17) is 10.5 Å². The molecular weight excluding hydrogens is 441 g/mol. The number of fused-ring (bicyclic) bond motifs is 1. The molecule has 2 aromatic heterocycles. The first-order valence-corrected chi connectivity index (χ1v) is 10.5. The predicted molar refractivity (Wildman–Crippen MR) is 113 cm³/mol. The van der Waals surface area contributed by atoms with Gasteiger partial charge < -0.3 is 15.4 Å². The van der Waals surface area contributed by atoms with Crippen LogP contribution in [0.2, 0.25) is 5.82 Å². The molecule has 1 aliphatic carbocycles. The van der Waals surface area contributed by atoms with Gasteiger partial charge in [-0.2, -0.15) is 13.2 Å². The molecule has 2 unspecified atom stereocenters. The van der Waals surface area contributed by atoms with Gasteiger partial charge in [-0.05, 0) is 38.7 Å². The van der Waals surface area contributed by atoms with Crippen molar-refractivity contribution in [3.8, 4) is 0 Å². The van der Waals surface area contributed by atoms with Crippen molar-refractivity contribution < 1.29 is 22.3 Å². The van der Waals surface area contributed by atoms with E-state index in [0.29, 0.717) is 23.7 Å². The maximum Gasteiger partial charge on any atom is 0.453 e. The Kier molecular flexibility index (Phi) is 6.06. The minimum absolute atomic E-state index is 0.176. The number of alkyl halides is 3. The molecule has 2 aliphatic rings. The van der Waals surface area contributed by atoms with E-state index in [1.54, 1.807) is 20.3 Å². The van der Waals surface area contributed by atoms with Crippen LogP contribution in [0.4, 0.5) is 23.4 Å². The summed E-state index contributed by atoms with van der Waals surface area (Å²) in [6.45, 7) is 6.02. The summed E-state index contributed by atoms with van der Waals surface area (Å²) in [5.41, 5.74) is 6.95. The molecule has 8 nitrogen and oxygen atoms in total. The fourth-order valence-electron chi connectivity index (χ4n) is 3.91. The number of nitrogens with zero attached hydrogens (tertiary/aromatic N) is 6. The molecule has 13 heteroatoms. The molecule has 1 aliphatic heterocycles. The molecule has 2 aromatic rings. The van der Waals surface area contributed by atoms with Crippen LogP contribution >= 0.6 is 0 Å². The van der Waals surface area contributed by atoms with Crippen LogP contribution in [0.25, 0.3) is 0 Å². The Morgan fingerprint density at radius 3 is 2.70 bits per heavy atom. The van der Waals surface area contributed by atoms with Crippen LogP contribution in [-0.4, -0.2) is 44.7 Å². The number of aromatic nitrogens is 5. The Labute approximate surface area is 188 Å². The van der Waals surface area contributed by atoms with Gasteiger partial charge in [0, 0.05) is 24.3 Å². The number of ether oxygens (including phenoxy) is 1. The van der Waals surface area contributed by atoms with Crippen LogP contribution in [-0.2, 0) is 17.5 Å². The van der Waals surface area contributed by atoms with Gasteiger partial charge in [0.05, 0.1) is 18.7 Å². The van der Waals surface area contributed by atoms with E-state index < -0.39 is 23.9 Å². The van der Waals surface area contributed by atoms with Crippen molar-refractivity contribution in [3.05, 3.63) is 47.4 Å². The lowest BCUT2D eigenvalue weighted by molar-refractivity contribution is -0.145. The van der Waals surface area contributed by atoms with Crippen molar-refractivity contribution in [2.45, 2.75) is 57.9 Å². The summed E-state index contributed by atoms with van der Waals surface area (Å²) in [5, 5.41) is 3.59. The van der Waals surface area contributed by atoms with Crippen molar-refractivity contribution in [2.24, 2.45) is 5.73 Å². The highest BCUT2D eigenvalue weighted by Gasteiger charge is 2.39. The molecule has 0 aromatic carbocycles. The zero-order chi connectivity index (χ0) is 23.9. The van der Waals surface area contributed by atoms with E-state index >= 15 is 0 Å². The van der Waals surface area contributed by atoms with Crippen LogP contribution in [0.1, 0.15) is 44.9 Å². The van der Waals surface area contributed by atoms with E-state index in [1.165, 1.54) is 17.1 Å². The lowest BCUT2D eigenvalue weighted by atomic mass is 9.58. The second-order valence-electron chi connectivity index (χ2n) is 8.24. The van der Waals surface area contributed by atoms with Crippen molar-refractivity contribution in [3.63, 3.8) is 0 Å². The molecular formula is C20H23BF4N7O. The summed E-state index contributed by atoms with van der Waals surface area (Å²) in [4.78, 5) is 14.1. The summed E-state index contributed by atoms with van der Waals surface area (Å²) < 4.78 is 60.1. The molecule has 175 valence electrons. The number of hydrogen-bond acceptors (Lipinski definition) is 7. The van der Waals surface area contributed by atoms with Gasteiger partial charge >= 0.3 is 6.18 Å². The number of rotatable bonds is 5. The van der Waals surface area contributed by atoms with Crippen molar-refractivity contribution in [2.75, 3.05) is 11.4 Å². The summed E-state index contributed by atoms with van der Waals surface area (Å²) in [5.74, 6) is -0.976. The molecule has 0 amide bonds. The maximum atomic E-state index is 14.2. The van der Waals surface area contributed by atoms with Gasteiger partial charge in [0.25, 0.3) is 5.82 Å². The monoisotopic (exact) mass is 464 g/mol. The quantitative estimate of drug-likeness (QED) is 0.537. The van der Waals surface area contributed by atoms with Crippen LogP contribution in [0, 0.1) is 0 Å². The first-order valence-electron chi connectivity index (χ1n) is 10.5. The van der Waals surface area contributed by atoms with E-state index in [9.17, 15) is 17.6 Å². The lowest BCUT2D eigenvalue weighted by Gasteiger charge is -2.34. The van der Waals surface area contributed by atoms with E-state index in [-0.39, 0.29) is 36.5 Å². The van der Waals surface area contributed by atoms with Gasteiger partial charge in [-0.3, -0.25) is 4.98 Å². The highest BCUT2D eigenvalue weighted by molar-refractivity contribution is 6.54. The Balaban J connectivity index is 1.52. The molecule has 0 saturated carbocycles. The predicted octanol–water partition coefficient (Wildman–Crippen LogP) is 2.64. The minimum Gasteiger partial charge on any atom is -0.492 e. The summed E-state index contributed by atoms with van der Waals surface area (Å²) in [6.07, 6.45) is -1.90. The molecule has 33 heavy (non-hydrogen) atoms. The number of hydrogen-bond donors (Lipinski definition) is 1. The fraction of sp³-hybridized carbons (Fsp3) is 0.500. The second-order valence-corrected chi connectivity index (χ2v) is 8.24. The van der Waals surface area contributed by atoms with Crippen LogP contribution in [0.5, 0.6) is 0 Å². The number of halogens is 4. The zero-order valence-corrected chi connectivity index (χ0v) is 18.3. The van der Waals surface area contributed by atoms with Crippen LogP contribution in [0.15, 0.2) is 35.8 Å². The van der Waals surface area contributed by atoms with Gasteiger partial charge in [-0.25, -0.2) is 19.0 Å². The molecule has 2 N–H and O–H groups in total. The number of allylic oxidation sites excluding steroid dienone is 4. The SMILES string of the molecule is CC(C)OC1=C(F)C=C(N)C([B]c2cc(N3CCn4nc(C(F)(F)F)nc4C3C)ncn2)C1. The Morgan fingerprint density at radius 1 is 1.24 bits per heavy atom. The average Bonchev–Trinajstić information content (AvgIpc) is 3.18. The summed E-state index contributed by atoms with van der Waals surface area (Å²) in [6, 6.07) is 1.24. The van der Waals surface area contributed by atoms with Crippen LogP contribution < -0.4 is 16.2 Å². The number of nitrogens with two attached hydrogens (primary N) is 1. The van der Waals surface area contributed by atoms with Gasteiger partial charge in [0.2, 0.25) is 0 Å².